The van der Waals surface area contributed by atoms with Crippen molar-refractivity contribution in [2.45, 2.75) is 212 Å². The number of aldehydes is 1. The van der Waals surface area contributed by atoms with E-state index >= 15 is 0 Å². The van der Waals surface area contributed by atoms with Gasteiger partial charge in [-0.2, -0.15) is 0 Å². The summed E-state index contributed by atoms with van der Waals surface area (Å²) >= 11 is 0. The zero-order chi connectivity index (χ0) is 43.4. The largest absolute Gasteiger partial charge is 0.415 e. The molecule has 0 aromatic rings. The minimum absolute atomic E-state index is 0.263. The van der Waals surface area contributed by atoms with E-state index in [4.69, 9.17) is 44.9 Å². The third kappa shape index (κ3) is 23.6. The first kappa shape index (κ1) is 54.0. The molecule has 0 unspecified atom stereocenters. The van der Waals surface area contributed by atoms with E-state index in [0.717, 1.165) is 6.29 Å². The van der Waals surface area contributed by atoms with Crippen LogP contribution in [0.2, 0.25) is 157 Å². The van der Waals surface area contributed by atoms with Gasteiger partial charge in [0.15, 0.2) is 72.8 Å². The third-order valence-electron chi connectivity index (χ3n) is 7.34. The first-order chi connectivity index (χ1) is 24.2. The second-order valence-corrected chi connectivity index (χ2v) is 58.7. The molecule has 0 radical (unpaired) electrons. The standard InChI is InChI=1S/C36H86O11Si8/c1-48(2,3)38-26-29-33(45-53(16,17)18)34(46-54(19,20)21)35(47-55(22,23)24)36(40-29)41-31(30(43-51(10,11)12)27-39-49(4,5)6)32(44-52(13,14)15)28(25-37)42-50(7,8)9/h25,28-36H,26-27H2,1-24H3/t28-,29+,30+,31+,32+,33-,34-,35+,36-/m0/s1. The Morgan fingerprint density at radius 2 is 0.891 bits per heavy atom. The van der Waals surface area contributed by atoms with E-state index in [1.54, 1.807) is 0 Å². The summed E-state index contributed by atoms with van der Waals surface area (Å²) in [7, 11) is -17.5. The zero-order valence-electron chi connectivity index (χ0n) is 39.7. The molecule has 19 heteroatoms. The number of rotatable bonds is 24. The van der Waals surface area contributed by atoms with Gasteiger partial charge < -0.3 is 49.7 Å². The first-order valence-corrected chi connectivity index (χ1v) is 47.6. The number of hydrogen-bond acceptors (Lipinski definition) is 11. The lowest BCUT2D eigenvalue weighted by Gasteiger charge is -2.52. The average Bonchev–Trinajstić information content (AvgIpc) is 2.89. The van der Waals surface area contributed by atoms with Gasteiger partial charge in [0.1, 0.15) is 49.0 Å². The molecule has 0 aromatic carbocycles. The highest BCUT2D eigenvalue weighted by atomic mass is 28.4. The number of hydrogen-bond donors (Lipinski definition) is 0. The Bertz CT molecular complexity index is 1160. The van der Waals surface area contributed by atoms with Gasteiger partial charge >= 0.3 is 0 Å². The summed E-state index contributed by atoms with van der Waals surface area (Å²) in [5, 5.41) is 0. The van der Waals surface area contributed by atoms with E-state index < -0.39 is 122 Å². The van der Waals surface area contributed by atoms with Crippen molar-refractivity contribution in [1.29, 1.82) is 0 Å². The van der Waals surface area contributed by atoms with Crippen molar-refractivity contribution in [3.05, 3.63) is 0 Å². The van der Waals surface area contributed by atoms with Crippen molar-refractivity contribution < 1.29 is 49.7 Å². The van der Waals surface area contributed by atoms with E-state index in [-0.39, 0.29) is 6.61 Å². The maximum atomic E-state index is 13.2. The van der Waals surface area contributed by atoms with Crippen molar-refractivity contribution in [3.63, 3.8) is 0 Å². The summed E-state index contributed by atoms with van der Waals surface area (Å²) in [5.41, 5.74) is 0. The van der Waals surface area contributed by atoms with Gasteiger partial charge in [-0.1, -0.05) is 0 Å². The van der Waals surface area contributed by atoms with Crippen molar-refractivity contribution >= 4 is 72.8 Å². The lowest BCUT2D eigenvalue weighted by atomic mass is 9.98. The molecule has 0 spiro atoms. The Labute approximate surface area is 346 Å². The van der Waals surface area contributed by atoms with E-state index in [2.05, 4.69) is 157 Å². The quantitative estimate of drug-likeness (QED) is 0.0683. The summed E-state index contributed by atoms with van der Waals surface area (Å²) in [6, 6.07) is 0. The fraction of sp³-hybridized carbons (Fsp3) is 0.972. The maximum absolute atomic E-state index is 13.2. The lowest BCUT2D eigenvalue weighted by Crippen LogP contribution is -2.68. The van der Waals surface area contributed by atoms with Crippen LogP contribution in [-0.4, -0.2) is 141 Å². The Hall–Kier alpha value is 1.01. The van der Waals surface area contributed by atoms with Gasteiger partial charge in [0, 0.05) is 0 Å². The van der Waals surface area contributed by atoms with Crippen LogP contribution in [0, 0.1) is 0 Å². The molecule has 0 amide bonds. The molecule has 1 aliphatic rings. The van der Waals surface area contributed by atoms with Gasteiger partial charge in [-0.3, -0.25) is 0 Å². The van der Waals surface area contributed by atoms with Gasteiger partial charge in [0.05, 0.1) is 19.3 Å². The molecule has 0 saturated carbocycles. The van der Waals surface area contributed by atoms with Gasteiger partial charge in [-0.15, -0.1) is 0 Å². The summed E-state index contributed by atoms with van der Waals surface area (Å²) in [6.45, 7) is 52.3. The van der Waals surface area contributed by atoms with Crippen LogP contribution in [0.3, 0.4) is 0 Å². The molecule has 1 fully saturated rings. The van der Waals surface area contributed by atoms with Crippen LogP contribution in [0.4, 0.5) is 0 Å². The van der Waals surface area contributed by atoms with E-state index in [1.807, 2.05) is 0 Å². The van der Waals surface area contributed by atoms with Crippen LogP contribution < -0.4 is 0 Å². The topological polar surface area (TPSA) is 109 Å². The Morgan fingerprint density at radius 1 is 0.473 bits per heavy atom. The third-order valence-corrected chi connectivity index (χ3v) is 15.3. The van der Waals surface area contributed by atoms with Gasteiger partial charge in [-0.05, 0) is 157 Å². The van der Waals surface area contributed by atoms with Crippen LogP contribution in [0.5, 0.6) is 0 Å². The summed E-state index contributed by atoms with van der Waals surface area (Å²) in [5.74, 6) is 0. The summed E-state index contributed by atoms with van der Waals surface area (Å²) < 4.78 is 69.9. The highest BCUT2D eigenvalue weighted by Gasteiger charge is 2.55. The Morgan fingerprint density at radius 3 is 1.27 bits per heavy atom. The van der Waals surface area contributed by atoms with E-state index in [0.29, 0.717) is 6.61 Å². The molecule has 1 heterocycles. The minimum atomic E-state index is -2.35. The Kier molecular flexibility index (Phi) is 19.9. The monoisotopic (exact) mass is 918 g/mol. The molecule has 0 aliphatic carbocycles. The number of carbonyl (C=O) groups excluding carboxylic acids is 1. The molecule has 55 heavy (non-hydrogen) atoms. The van der Waals surface area contributed by atoms with Gasteiger partial charge in [0.2, 0.25) is 0 Å². The minimum Gasteiger partial charge on any atom is -0.415 e. The second-order valence-electron chi connectivity index (χ2n) is 22.9. The van der Waals surface area contributed by atoms with Crippen molar-refractivity contribution in [3.8, 4) is 0 Å². The van der Waals surface area contributed by atoms with Crippen LogP contribution in [-0.2, 0) is 49.7 Å². The summed E-state index contributed by atoms with van der Waals surface area (Å²) in [4.78, 5) is 13.2. The van der Waals surface area contributed by atoms with Crippen LogP contribution in [0.1, 0.15) is 0 Å². The predicted molar refractivity (Wildman–Crippen MR) is 248 cm³/mol. The SMILES string of the molecule is C[Si](C)(C)OC[C@H]1O[C@@H](O[C@@H]([C@H](O[Si](C)(C)C)[C@H](C=O)O[Si](C)(C)C)[C@@H](CO[Si](C)(C)C)O[Si](C)(C)C)[C@H](O[Si](C)(C)C)[C@@H](O[Si](C)(C)C)[C@H]1O[Si](C)(C)C. The molecule has 0 aromatic heterocycles. The normalized spacial score (nSPS) is 25.1. The molecule has 1 aliphatic heterocycles. The van der Waals surface area contributed by atoms with Gasteiger partial charge in [-0.25, -0.2) is 0 Å². The fourth-order valence-electron chi connectivity index (χ4n) is 5.90. The van der Waals surface area contributed by atoms with Crippen molar-refractivity contribution in [1.82, 2.24) is 0 Å². The smallest absolute Gasteiger partial charge is 0.186 e. The molecule has 1 saturated heterocycles. The fourth-order valence-corrected chi connectivity index (χ4v) is 13.7. The van der Waals surface area contributed by atoms with Crippen molar-refractivity contribution in [2.75, 3.05) is 13.2 Å². The molecule has 1 rings (SSSR count). The predicted octanol–water partition coefficient (Wildman–Crippen LogP) is 9.32. The molecule has 328 valence electrons. The first-order valence-electron chi connectivity index (χ1n) is 20.3. The zero-order valence-corrected chi connectivity index (χ0v) is 47.7. The van der Waals surface area contributed by atoms with E-state index in [9.17, 15) is 4.79 Å². The number of ether oxygens (including phenoxy) is 2. The van der Waals surface area contributed by atoms with Crippen LogP contribution in [0.25, 0.3) is 0 Å². The maximum Gasteiger partial charge on any atom is 0.186 e. The molecular weight excluding hydrogens is 833 g/mol. The summed E-state index contributed by atoms with van der Waals surface area (Å²) in [6.07, 6.45) is -5.37. The highest BCUT2D eigenvalue weighted by Crippen LogP contribution is 2.37. The van der Waals surface area contributed by atoms with Crippen LogP contribution in [0.15, 0.2) is 0 Å². The average molecular weight is 920 g/mol. The van der Waals surface area contributed by atoms with E-state index in [1.165, 1.54) is 0 Å². The second kappa shape index (κ2) is 20.3. The highest BCUT2D eigenvalue weighted by molar-refractivity contribution is 6.72. The van der Waals surface area contributed by atoms with Gasteiger partial charge in [0.25, 0.3) is 0 Å². The molecule has 0 N–H and O–H groups in total. The molecular formula is C36H86O11Si8. The van der Waals surface area contributed by atoms with Crippen LogP contribution >= 0.6 is 0 Å². The Balaban J connectivity index is 4.31. The molecule has 9 atom stereocenters. The van der Waals surface area contributed by atoms with Crippen molar-refractivity contribution in [2.24, 2.45) is 0 Å². The molecule has 11 nitrogen and oxygen atoms in total. The lowest BCUT2D eigenvalue weighted by molar-refractivity contribution is -0.316. The molecule has 0 bridgehead atoms. The number of carbonyl (C=O) groups is 1.